The number of benzene rings is 1. The van der Waals surface area contributed by atoms with E-state index in [1.807, 2.05) is 13.0 Å². The van der Waals surface area contributed by atoms with Gasteiger partial charge in [-0.25, -0.2) is 9.78 Å². The van der Waals surface area contributed by atoms with Gasteiger partial charge in [-0.1, -0.05) is 6.07 Å². The van der Waals surface area contributed by atoms with Crippen LogP contribution in [0.15, 0.2) is 30.3 Å². The summed E-state index contributed by atoms with van der Waals surface area (Å²) in [5.41, 5.74) is 0.186. The molecule has 2 aliphatic rings. The van der Waals surface area contributed by atoms with Crippen LogP contribution >= 0.6 is 0 Å². The van der Waals surface area contributed by atoms with Crippen molar-refractivity contribution in [1.29, 1.82) is 0 Å². The van der Waals surface area contributed by atoms with Gasteiger partial charge in [0.05, 0.1) is 18.8 Å². The van der Waals surface area contributed by atoms with Crippen LogP contribution in [0.3, 0.4) is 0 Å². The van der Waals surface area contributed by atoms with E-state index in [2.05, 4.69) is 20.1 Å². The van der Waals surface area contributed by atoms with Gasteiger partial charge in [-0.15, -0.1) is 0 Å². The molecule has 0 spiro atoms. The zero-order valence-corrected chi connectivity index (χ0v) is 17.7. The summed E-state index contributed by atoms with van der Waals surface area (Å²) < 4.78 is 44.1. The van der Waals surface area contributed by atoms with Crippen molar-refractivity contribution in [3.8, 4) is 0 Å². The molecule has 1 aromatic carbocycles. The number of nitrogens with zero attached hydrogens (tertiary/aromatic N) is 5. The lowest BCUT2D eigenvalue weighted by Crippen LogP contribution is -2.50. The van der Waals surface area contributed by atoms with Gasteiger partial charge in [0.25, 0.3) is 0 Å². The number of urea groups is 1. The molecule has 1 aromatic heterocycles. The summed E-state index contributed by atoms with van der Waals surface area (Å²) in [5, 5.41) is 2.56. The van der Waals surface area contributed by atoms with E-state index >= 15 is 0 Å². The molecule has 1 N–H and O–H groups in total. The van der Waals surface area contributed by atoms with Crippen LogP contribution in [0.4, 0.5) is 35.4 Å². The molecule has 2 fully saturated rings. The normalized spacial score (nSPS) is 17.4. The molecule has 2 aromatic rings. The van der Waals surface area contributed by atoms with Crippen LogP contribution in [0, 0.1) is 6.92 Å². The number of morpholine rings is 1. The van der Waals surface area contributed by atoms with Gasteiger partial charge in [-0.3, -0.25) is 0 Å². The molecule has 0 bridgehead atoms. The number of hydrogen-bond acceptors (Lipinski definition) is 6. The van der Waals surface area contributed by atoms with Crippen molar-refractivity contribution >= 4 is 23.5 Å². The second-order valence-electron chi connectivity index (χ2n) is 7.75. The fraction of sp³-hybridized carbons (Fsp3) is 0.476. The summed E-state index contributed by atoms with van der Waals surface area (Å²) >= 11 is 0. The predicted molar refractivity (Wildman–Crippen MR) is 114 cm³/mol. The topological polar surface area (TPSA) is 73.8 Å². The van der Waals surface area contributed by atoms with Crippen molar-refractivity contribution in [2.75, 3.05) is 67.6 Å². The summed E-state index contributed by atoms with van der Waals surface area (Å²) in [6.45, 7) is 6.69. The van der Waals surface area contributed by atoms with Crippen molar-refractivity contribution in [2.45, 2.75) is 13.1 Å². The van der Waals surface area contributed by atoms with Gasteiger partial charge >= 0.3 is 12.2 Å². The first kappa shape index (κ1) is 22.1. The van der Waals surface area contributed by atoms with Gasteiger partial charge in [0.1, 0.15) is 5.82 Å². The highest BCUT2D eigenvalue weighted by Crippen LogP contribution is 2.30. The maximum absolute atomic E-state index is 12.9. The fourth-order valence-corrected chi connectivity index (χ4v) is 3.72. The minimum Gasteiger partial charge on any atom is -0.378 e. The first-order chi connectivity index (χ1) is 15.3. The van der Waals surface area contributed by atoms with Crippen LogP contribution in [0.1, 0.15) is 11.3 Å². The Morgan fingerprint density at radius 2 is 1.72 bits per heavy atom. The van der Waals surface area contributed by atoms with Crippen molar-refractivity contribution in [3.05, 3.63) is 41.6 Å². The van der Waals surface area contributed by atoms with Gasteiger partial charge in [-0.2, -0.15) is 18.2 Å². The molecule has 172 valence electrons. The summed E-state index contributed by atoms with van der Waals surface area (Å²) in [6.07, 6.45) is -4.46. The molecule has 0 unspecified atom stereocenters. The molecule has 0 atom stereocenters. The number of carbonyl (C=O) groups is 1. The average Bonchev–Trinajstić information content (AvgIpc) is 2.79. The van der Waals surface area contributed by atoms with E-state index in [-0.39, 0.29) is 5.69 Å². The molecule has 2 saturated heterocycles. The minimum absolute atomic E-state index is 0.119. The van der Waals surface area contributed by atoms with Crippen molar-refractivity contribution < 1.29 is 22.7 Å². The highest BCUT2D eigenvalue weighted by atomic mass is 19.4. The van der Waals surface area contributed by atoms with E-state index < -0.39 is 17.8 Å². The van der Waals surface area contributed by atoms with E-state index in [1.165, 1.54) is 12.1 Å². The van der Waals surface area contributed by atoms with Gasteiger partial charge < -0.3 is 24.8 Å². The average molecular weight is 450 g/mol. The molecule has 0 aliphatic carbocycles. The lowest BCUT2D eigenvalue weighted by Gasteiger charge is -2.36. The van der Waals surface area contributed by atoms with E-state index in [1.54, 1.807) is 4.90 Å². The SMILES string of the molecule is Cc1cc(N2CCN(C(=O)Nc3cccc(C(F)(F)F)c3)CC2)nc(N2CCOCC2)n1. The Morgan fingerprint density at radius 3 is 2.41 bits per heavy atom. The molecule has 0 saturated carbocycles. The molecule has 2 aliphatic heterocycles. The van der Waals surface area contributed by atoms with Crippen molar-refractivity contribution in [1.82, 2.24) is 14.9 Å². The summed E-state index contributed by atoms with van der Waals surface area (Å²) in [7, 11) is 0. The van der Waals surface area contributed by atoms with Gasteiger partial charge in [0, 0.05) is 56.7 Å². The van der Waals surface area contributed by atoms with Crippen LogP contribution in [0.25, 0.3) is 0 Å². The summed E-state index contributed by atoms with van der Waals surface area (Å²) in [4.78, 5) is 27.6. The number of carbonyl (C=O) groups excluding carboxylic acids is 1. The second kappa shape index (κ2) is 9.19. The van der Waals surface area contributed by atoms with Crippen molar-refractivity contribution in [2.24, 2.45) is 0 Å². The standard InChI is InChI=1S/C21H25F3N6O2/c1-15-13-18(27-19(25-15)29-9-11-32-12-10-29)28-5-7-30(8-6-28)20(31)26-17-4-2-3-16(14-17)21(22,23)24/h2-4,13-14H,5-12H2,1H3,(H,26,31). The van der Waals surface area contributed by atoms with Gasteiger partial charge in [-0.05, 0) is 25.1 Å². The quantitative estimate of drug-likeness (QED) is 0.775. The molecule has 0 radical (unpaired) electrons. The zero-order chi connectivity index (χ0) is 22.7. The fourth-order valence-electron chi connectivity index (χ4n) is 3.72. The minimum atomic E-state index is -4.46. The third kappa shape index (κ3) is 5.21. The van der Waals surface area contributed by atoms with Crippen LogP contribution in [-0.2, 0) is 10.9 Å². The monoisotopic (exact) mass is 450 g/mol. The van der Waals surface area contributed by atoms with E-state index in [0.717, 1.165) is 36.7 Å². The zero-order valence-electron chi connectivity index (χ0n) is 17.7. The largest absolute Gasteiger partial charge is 0.416 e. The Balaban J connectivity index is 1.37. The van der Waals surface area contributed by atoms with E-state index in [0.29, 0.717) is 45.3 Å². The number of halogens is 3. The number of hydrogen-bond donors (Lipinski definition) is 1. The van der Waals surface area contributed by atoms with Crippen LogP contribution in [0.2, 0.25) is 0 Å². The van der Waals surface area contributed by atoms with Crippen LogP contribution < -0.4 is 15.1 Å². The number of aryl methyl sites for hydroxylation is 1. The van der Waals surface area contributed by atoms with Crippen LogP contribution in [0.5, 0.6) is 0 Å². The number of aromatic nitrogens is 2. The third-order valence-corrected chi connectivity index (χ3v) is 5.45. The van der Waals surface area contributed by atoms with Crippen molar-refractivity contribution in [3.63, 3.8) is 0 Å². The Hall–Kier alpha value is -3.08. The summed E-state index contributed by atoms with van der Waals surface area (Å²) in [6, 6.07) is 6.13. The number of ether oxygens (including phenoxy) is 1. The molecule has 32 heavy (non-hydrogen) atoms. The maximum atomic E-state index is 12.9. The Bertz CT molecular complexity index is 957. The first-order valence-electron chi connectivity index (χ1n) is 10.5. The predicted octanol–water partition coefficient (Wildman–Crippen LogP) is 2.99. The second-order valence-corrected chi connectivity index (χ2v) is 7.75. The summed E-state index contributed by atoms with van der Waals surface area (Å²) in [5.74, 6) is 1.48. The molecule has 2 amide bonds. The third-order valence-electron chi connectivity index (χ3n) is 5.45. The van der Waals surface area contributed by atoms with E-state index in [9.17, 15) is 18.0 Å². The van der Waals surface area contributed by atoms with Crippen LogP contribution in [-0.4, -0.2) is 73.4 Å². The molecule has 3 heterocycles. The molecule has 8 nitrogen and oxygen atoms in total. The molecule has 4 rings (SSSR count). The van der Waals surface area contributed by atoms with E-state index in [4.69, 9.17) is 9.72 Å². The Morgan fingerprint density at radius 1 is 1.00 bits per heavy atom. The molecular weight excluding hydrogens is 425 g/mol. The highest BCUT2D eigenvalue weighted by Gasteiger charge is 2.31. The first-order valence-corrected chi connectivity index (χ1v) is 10.5. The molecule has 11 heteroatoms. The number of alkyl halides is 3. The number of anilines is 3. The Labute approximate surface area is 184 Å². The highest BCUT2D eigenvalue weighted by molar-refractivity contribution is 5.89. The number of amides is 2. The number of rotatable bonds is 3. The number of nitrogens with one attached hydrogen (secondary N) is 1. The maximum Gasteiger partial charge on any atom is 0.416 e. The van der Waals surface area contributed by atoms with Gasteiger partial charge in [0.15, 0.2) is 0 Å². The smallest absolute Gasteiger partial charge is 0.378 e. The molecular formula is C21H25F3N6O2. The lowest BCUT2D eigenvalue weighted by atomic mass is 10.2. The lowest BCUT2D eigenvalue weighted by molar-refractivity contribution is -0.137. The Kier molecular flexibility index (Phi) is 6.35. The van der Waals surface area contributed by atoms with Gasteiger partial charge in [0.2, 0.25) is 5.95 Å². The number of piperazine rings is 1.